The van der Waals surface area contributed by atoms with Crippen molar-refractivity contribution in [2.24, 2.45) is 0 Å². The molecule has 1 aliphatic heterocycles. The molecule has 0 aliphatic carbocycles. The average Bonchev–Trinajstić information content (AvgIpc) is 3.05. The lowest BCUT2D eigenvalue weighted by Gasteiger charge is -2.28. The van der Waals surface area contributed by atoms with E-state index >= 15 is 0 Å². The van der Waals surface area contributed by atoms with Crippen LogP contribution in [0.15, 0.2) is 47.7 Å². The Bertz CT molecular complexity index is 989. The fraction of sp³-hybridized carbons (Fsp3) is 0.235. The molecule has 0 amide bonds. The molecule has 1 aliphatic rings. The Morgan fingerprint density at radius 1 is 1.25 bits per heavy atom. The normalized spacial score (nSPS) is 14.7. The van der Waals surface area contributed by atoms with Crippen molar-refractivity contribution >= 4 is 11.5 Å². The first-order valence-corrected chi connectivity index (χ1v) is 7.72. The number of aromatic nitrogens is 3. The number of carboxylic acid groups (broad SMARTS) is 1. The van der Waals surface area contributed by atoms with Gasteiger partial charge in [0.05, 0.1) is 12.1 Å². The molecule has 3 aromatic heterocycles. The zero-order valence-corrected chi connectivity index (χ0v) is 12.9. The summed E-state index contributed by atoms with van der Waals surface area (Å²) in [5.74, 6) is -0.203. The molecule has 3 aromatic rings. The first-order chi connectivity index (χ1) is 11.6. The molecule has 0 atom stereocenters. The highest BCUT2D eigenvalue weighted by Gasteiger charge is 2.20. The minimum atomic E-state index is -1.20. The summed E-state index contributed by atoms with van der Waals surface area (Å²) < 4.78 is 3.52. The molecule has 4 rings (SSSR count). The van der Waals surface area contributed by atoms with E-state index in [0.29, 0.717) is 13.1 Å². The van der Waals surface area contributed by atoms with Crippen LogP contribution in [0.4, 0.5) is 0 Å². The number of imidazole rings is 1. The van der Waals surface area contributed by atoms with Gasteiger partial charge in [0, 0.05) is 38.2 Å². The van der Waals surface area contributed by atoms with Crippen LogP contribution >= 0.6 is 0 Å². The molecule has 0 saturated heterocycles. The highest BCUT2D eigenvalue weighted by atomic mass is 16.4. The summed E-state index contributed by atoms with van der Waals surface area (Å²) in [4.78, 5) is 30.2. The van der Waals surface area contributed by atoms with Crippen molar-refractivity contribution in [1.82, 2.24) is 18.9 Å². The van der Waals surface area contributed by atoms with Crippen molar-refractivity contribution < 1.29 is 9.90 Å². The number of hydrogen-bond acceptors (Lipinski definition) is 4. The van der Waals surface area contributed by atoms with Gasteiger partial charge in [-0.05, 0) is 23.8 Å². The number of rotatable bonds is 3. The summed E-state index contributed by atoms with van der Waals surface area (Å²) >= 11 is 0. The van der Waals surface area contributed by atoms with Crippen LogP contribution < -0.4 is 5.56 Å². The SMILES string of the molecule is O=C(O)c1cc(CN2CCn3ccnc3C2)c2ccccn2c1=O. The monoisotopic (exact) mass is 324 g/mol. The third kappa shape index (κ3) is 2.39. The van der Waals surface area contributed by atoms with Crippen LogP contribution in [0.5, 0.6) is 0 Å². The van der Waals surface area contributed by atoms with Crippen LogP contribution in [0, 0.1) is 0 Å². The predicted molar refractivity (Wildman–Crippen MR) is 87.0 cm³/mol. The van der Waals surface area contributed by atoms with Crippen molar-refractivity contribution in [1.29, 1.82) is 0 Å². The summed E-state index contributed by atoms with van der Waals surface area (Å²) in [7, 11) is 0. The van der Waals surface area contributed by atoms with Gasteiger partial charge in [-0.3, -0.25) is 14.1 Å². The lowest BCUT2D eigenvalue weighted by atomic mass is 10.1. The predicted octanol–water partition coefficient (Wildman–Crippen LogP) is 1.21. The number of carboxylic acids is 1. The van der Waals surface area contributed by atoms with Crippen molar-refractivity contribution in [3.63, 3.8) is 0 Å². The van der Waals surface area contributed by atoms with Crippen molar-refractivity contribution in [3.05, 3.63) is 70.2 Å². The topological polar surface area (TPSA) is 79.8 Å². The Balaban J connectivity index is 1.75. The molecule has 0 spiro atoms. The molecular formula is C17H16N4O3. The lowest BCUT2D eigenvalue weighted by molar-refractivity contribution is 0.0694. The summed E-state index contributed by atoms with van der Waals surface area (Å²) in [6.07, 6.45) is 5.36. The first-order valence-electron chi connectivity index (χ1n) is 7.72. The molecule has 0 bridgehead atoms. The molecule has 1 N–H and O–H groups in total. The molecule has 4 heterocycles. The molecule has 122 valence electrons. The lowest BCUT2D eigenvalue weighted by Crippen LogP contribution is -2.34. The van der Waals surface area contributed by atoms with E-state index in [9.17, 15) is 14.7 Å². The van der Waals surface area contributed by atoms with Gasteiger partial charge < -0.3 is 9.67 Å². The van der Waals surface area contributed by atoms with E-state index in [2.05, 4.69) is 14.5 Å². The summed E-state index contributed by atoms with van der Waals surface area (Å²) in [5.41, 5.74) is 0.859. The van der Waals surface area contributed by atoms with E-state index < -0.39 is 11.5 Å². The molecule has 0 radical (unpaired) electrons. The van der Waals surface area contributed by atoms with Gasteiger partial charge in [0.25, 0.3) is 5.56 Å². The molecule has 24 heavy (non-hydrogen) atoms. The van der Waals surface area contributed by atoms with Crippen LogP contribution in [0.1, 0.15) is 21.7 Å². The Hall–Kier alpha value is -2.93. The van der Waals surface area contributed by atoms with E-state index in [0.717, 1.165) is 30.0 Å². The third-order valence-electron chi connectivity index (χ3n) is 4.40. The van der Waals surface area contributed by atoms with Crippen LogP contribution in [0.3, 0.4) is 0 Å². The molecule has 7 heteroatoms. The van der Waals surface area contributed by atoms with E-state index in [1.165, 1.54) is 10.5 Å². The van der Waals surface area contributed by atoms with Gasteiger partial charge in [-0.25, -0.2) is 9.78 Å². The average molecular weight is 324 g/mol. The van der Waals surface area contributed by atoms with Crippen molar-refractivity contribution in [3.8, 4) is 0 Å². The molecular weight excluding hydrogens is 308 g/mol. The highest BCUT2D eigenvalue weighted by Crippen LogP contribution is 2.17. The summed E-state index contributed by atoms with van der Waals surface area (Å²) in [5, 5.41) is 9.32. The van der Waals surface area contributed by atoms with Gasteiger partial charge in [-0.15, -0.1) is 0 Å². The second kappa shape index (κ2) is 5.61. The second-order valence-corrected chi connectivity index (χ2v) is 5.90. The van der Waals surface area contributed by atoms with Crippen molar-refractivity contribution in [2.75, 3.05) is 6.54 Å². The van der Waals surface area contributed by atoms with Gasteiger partial charge in [-0.2, -0.15) is 0 Å². The van der Waals surface area contributed by atoms with Crippen LogP contribution in [0.2, 0.25) is 0 Å². The van der Waals surface area contributed by atoms with Gasteiger partial charge in [0.2, 0.25) is 0 Å². The third-order valence-corrected chi connectivity index (χ3v) is 4.40. The maximum Gasteiger partial charge on any atom is 0.341 e. The Morgan fingerprint density at radius 2 is 2.12 bits per heavy atom. The maximum atomic E-state index is 12.3. The maximum absolute atomic E-state index is 12.3. The Kier molecular flexibility index (Phi) is 3.42. The molecule has 0 aromatic carbocycles. The molecule has 0 unspecified atom stereocenters. The smallest absolute Gasteiger partial charge is 0.341 e. The molecule has 0 fully saturated rings. The van der Waals surface area contributed by atoms with E-state index in [4.69, 9.17) is 0 Å². The fourth-order valence-corrected chi connectivity index (χ4v) is 3.20. The largest absolute Gasteiger partial charge is 0.477 e. The van der Waals surface area contributed by atoms with E-state index in [-0.39, 0.29) is 5.56 Å². The van der Waals surface area contributed by atoms with E-state index in [1.54, 1.807) is 18.5 Å². The zero-order chi connectivity index (χ0) is 16.7. The number of fused-ring (bicyclic) bond motifs is 2. The fourth-order valence-electron chi connectivity index (χ4n) is 3.20. The van der Waals surface area contributed by atoms with Crippen LogP contribution in [0.25, 0.3) is 5.52 Å². The quantitative estimate of drug-likeness (QED) is 0.783. The van der Waals surface area contributed by atoms with Gasteiger partial charge in [-0.1, -0.05) is 6.07 Å². The van der Waals surface area contributed by atoms with Crippen LogP contribution in [-0.2, 0) is 19.6 Å². The minimum Gasteiger partial charge on any atom is -0.477 e. The molecule has 0 saturated carbocycles. The highest BCUT2D eigenvalue weighted by molar-refractivity contribution is 5.88. The number of carbonyl (C=O) groups is 1. The van der Waals surface area contributed by atoms with Gasteiger partial charge in [0.15, 0.2) is 0 Å². The van der Waals surface area contributed by atoms with Gasteiger partial charge >= 0.3 is 5.97 Å². The van der Waals surface area contributed by atoms with Gasteiger partial charge in [0.1, 0.15) is 11.4 Å². The van der Waals surface area contributed by atoms with Crippen molar-refractivity contribution in [2.45, 2.75) is 19.6 Å². The number of hydrogen-bond donors (Lipinski definition) is 1. The number of aromatic carboxylic acids is 1. The number of pyridine rings is 2. The Labute approximate surface area is 137 Å². The summed E-state index contributed by atoms with van der Waals surface area (Å²) in [6, 6.07) is 6.91. The minimum absolute atomic E-state index is 0.202. The summed E-state index contributed by atoms with van der Waals surface area (Å²) in [6.45, 7) is 2.98. The zero-order valence-electron chi connectivity index (χ0n) is 12.9. The number of nitrogens with zero attached hydrogens (tertiary/aromatic N) is 4. The van der Waals surface area contributed by atoms with E-state index in [1.807, 2.05) is 18.3 Å². The Morgan fingerprint density at radius 3 is 2.96 bits per heavy atom. The first kappa shape index (κ1) is 14.6. The second-order valence-electron chi connectivity index (χ2n) is 5.90. The molecule has 7 nitrogen and oxygen atoms in total. The van der Waals surface area contributed by atoms with Crippen LogP contribution in [-0.4, -0.2) is 36.5 Å². The standard InChI is InChI=1S/C17H16N4O3/c22-16-13(17(23)24)9-12(14-3-1-2-5-21(14)16)10-19-7-8-20-6-4-18-15(20)11-19/h1-6,9H,7-8,10-11H2,(H,23,24).